The van der Waals surface area contributed by atoms with Crippen LogP contribution >= 0.6 is 15.9 Å². The van der Waals surface area contributed by atoms with E-state index in [1.54, 1.807) is 12.1 Å². The number of nitrogens with zero attached hydrogens (tertiary/aromatic N) is 1. The van der Waals surface area contributed by atoms with Gasteiger partial charge in [0.2, 0.25) is 5.91 Å². The Morgan fingerprint density at radius 1 is 1.35 bits per heavy atom. The third-order valence-electron chi connectivity index (χ3n) is 3.89. The number of piperazine rings is 1. The van der Waals surface area contributed by atoms with E-state index in [4.69, 9.17) is 0 Å². The molecule has 1 saturated heterocycles. The number of ketones is 1. The Labute approximate surface area is 127 Å². The number of nitrogens with one attached hydrogen (secondary N) is 1. The van der Waals surface area contributed by atoms with Gasteiger partial charge < -0.3 is 5.32 Å². The van der Waals surface area contributed by atoms with Crippen LogP contribution in [0.2, 0.25) is 0 Å². The van der Waals surface area contributed by atoms with Crippen molar-refractivity contribution in [3.63, 3.8) is 0 Å². The van der Waals surface area contributed by atoms with Gasteiger partial charge in [0.1, 0.15) is 0 Å². The van der Waals surface area contributed by atoms with E-state index in [0.717, 1.165) is 4.47 Å². The molecule has 108 valence electrons. The number of carbonyl (C=O) groups excluding carboxylic acids is 2. The van der Waals surface area contributed by atoms with E-state index in [1.165, 1.54) is 0 Å². The summed E-state index contributed by atoms with van der Waals surface area (Å²) in [5.74, 6) is 0.0134. The molecule has 1 unspecified atom stereocenters. The summed E-state index contributed by atoms with van der Waals surface area (Å²) in [5, 5.41) is 2.85. The van der Waals surface area contributed by atoms with Crippen molar-refractivity contribution >= 4 is 27.6 Å². The first-order valence-corrected chi connectivity index (χ1v) is 7.48. The van der Waals surface area contributed by atoms with Crippen LogP contribution in [0.5, 0.6) is 0 Å². The van der Waals surface area contributed by atoms with E-state index < -0.39 is 5.54 Å². The Bertz CT molecular complexity index is 525. The van der Waals surface area contributed by atoms with Crippen LogP contribution in [-0.4, -0.2) is 41.3 Å². The van der Waals surface area contributed by atoms with Crippen LogP contribution in [0, 0.1) is 0 Å². The molecule has 0 saturated carbocycles. The van der Waals surface area contributed by atoms with Gasteiger partial charge in [0, 0.05) is 23.1 Å². The molecule has 2 rings (SSSR count). The molecule has 1 fully saturated rings. The molecule has 20 heavy (non-hydrogen) atoms. The van der Waals surface area contributed by atoms with Crippen LogP contribution in [0.4, 0.5) is 0 Å². The average molecular weight is 339 g/mol. The number of carbonyl (C=O) groups is 2. The summed E-state index contributed by atoms with van der Waals surface area (Å²) in [6, 6.07) is 7.00. The molecule has 0 aliphatic carbocycles. The minimum atomic E-state index is -0.664. The van der Waals surface area contributed by atoms with Gasteiger partial charge in [0.15, 0.2) is 5.78 Å². The number of halogens is 1. The second-order valence-electron chi connectivity index (χ2n) is 5.56. The molecule has 1 atom stereocenters. The van der Waals surface area contributed by atoms with Crippen molar-refractivity contribution in [2.75, 3.05) is 13.1 Å². The molecule has 0 radical (unpaired) electrons. The van der Waals surface area contributed by atoms with Gasteiger partial charge in [0.25, 0.3) is 0 Å². The summed E-state index contributed by atoms with van der Waals surface area (Å²) in [6.07, 6.45) is 0. The first-order valence-electron chi connectivity index (χ1n) is 6.69. The normalized spacial score (nSPS) is 20.3. The summed E-state index contributed by atoms with van der Waals surface area (Å²) >= 11 is 3.36. The van der Waals surface area contributed by atoms with E-state index in [2.05, 4.69) is 21.2 Å². The number of benzene rings is 1. The summed E-state index contributed by atoms with van der Waals surface area (Å²) in [4.78, 5) is 26.5. The lowest BCUT2D eigenvalue weighted by atomic mass is 9.94. The highest BCUT2D eigenvalue weighted by Crippen LogP contribution is 2.23. The molecule has 1 aromatic carbocycles. The topological polar surface area (TPSA) is 49.4 Å². The fourth-order valence-corrected chi connectivity index (χ4v) is 2.86. The van der Waals surface area contributed by atoms with E-state index in [1.807, 2.05) is 37.8 Å². The van der Waals surface area contributed by atoms with Gasteiger partial charge in [-0.25, -0.2) is 0 Å². The average Bonchev–Trinajstić information content (AvgIpc) is 2.41. The van der Waals surface area contributed by atoms with E-state index in [0.29, 0.717) is 18.7 Å². The maximum atomic E-state index is 12.6. The predicted octanol–water partition coefficient (Wildman–Crippen LogP) is 2.23. The molecular weight excluding hydrogens is 320 g/mol. The third kappa shape index (κ3) is 2.79. The second-order valence-corrected chi connectivity index (χ2v) is 6.47. The molecule has 1 amide bonds. The molecule has 1 aliphatic rings. The molecule has 0 bridgehead atoms. The number of amides is 1. The molecule has 4 nitrogen and oxygen atoms in total. The summed E-state index contributed by atoms with van der Waals surface area (Å²) < 4.78 is 0.944. The molecule has 1 heterocycles. The van der Waals surface area contributed by atoms with E-state index in [9.17, 15) is 9.59 Å². The first kappa shape index (κ1) is 15.2. The van der Waals surface area contributed by atoms with Gasteiger partial charge in [0.05, 0.1) is 11.6 Å². The zero-order chi connectivity index (χ0) is 14.9. The largest absolute Gasteiger partial charge is 0.353 e. The van der Waals surface area contributed by atoms with Crippen molar-refractivity contribution in [1.82, 2.24) is 10.2 Å². The van der Waals surface area contributed by atoms with Gasteiger partial charge in [-0.1, -0.05) is 28.1 Å². The van der Waals surface area contributed by atoms with Crippen molar-refractivity contribution in [2.45, 2.75) is 32.4 Å². The molecule has 0 aromatic heterocycles. The SMILES string of the molecule is CC(C(=O)c1ccc(Br)cc1)N1CCNC(=O)C1(C)C. The second kappa shape index (κ2) is 5.66. The van der Waals surface area contributed by atoms with Crippen molar-refractivity contribution in [1.29, 1.82) is 0 Å². The maximum absolute atomic E-state index is 12.6. The van der Waals surface area contributed by atoms with Gasteiger partial charge in [-0.15, -0.1) is 0 Å². The Hall–Kier alpha value is -1.20. The highest BCUT2D eigenvalue weighted by molar-refractivity contribution is 9.10. The fourth-order valence-electron chi connectivity index (χ4n) is 2.59. The van der Waals surface area contributed by atoms with E-state index in [-0.39, 0.29) is 17.7 Å². The van der Waals surface area contributed by atoms with Crippen LogP contribution in [0.1, 0.15) is 31.1 Å². The van der Waals surface area contributed by atoms with Crippen LogP contribution in [0.3, 0.4) is 0 Å². The van der Waals surface area contributed by atoms with Crippen molar-refractivity contribution in [3.8, 4) is 0 Å². The lowest BCUT2D eigenvalue weighted by Gasteiger charge is -2.44. The van der Waals surface area contributed by atoms with Gasteiger partial charge >= 0.3 is 0 Å². The van der Waals surface area contributed by atoms with Gasteiger partial charge in [-0.2, -0.15) is 0 Å². The van der Waals surface area contributed by atoms with Crippen molar-refractivity contribution in [3.05, 3.63) is 34.3 Å². The highest BCUT2D eigenvalue weighted by Gasteiger charge is 2.41. The number of rotatable bonds is 3. The third-order valence-corrected chi connectivity index (χ3v) is 4.42. The fraction of sp³-hybridized carbons (Fsp3) is 0.467. The molecule has 1 aliphatic heterocycles. The molecule has 1 aromatic rings. The van der Waals surface area contributed by atoms with Crippen molar-refractivity contribution in [2.24, 2.45) is 0 Å². The van der Waals surface area contributed by atoms with Crippen LogP contribution < -0.4 is 5.32 Å². The Morgan fingerprint density at radius 2 is 1.95 bits per heavy atom. The number of hydrogen-bond donors (Lipinski definition) is 1. The van der Waals surface area contributed by atoms with E-state index >= 15 is 0 Å². The monoisotopic (exact) mass is 338 g/mol. The highest BCUT2D eigenvalue weighted by atomic mass is 79.9. The zero-order valence-corrected chi connectivity index (χ0v) is 13.5. The standard InChI is InChI=1S/C15H19BrN2O2/c1-10(13(19)11-4-6-12(16)7-5-11)18-9-8-17-14(20)15(18,2)3/h4-7,10H,8-9H2,1-3H3,(H,17,20). The number of Topliss-reactive ketones (excluding diaryl/α,β-unsaturated/α-hetero) is 1. The summed E-state index contributed by atoms with van der Waals surface area (Å²) in [5.41, 5.74) is 0.00497. The van der Waals surface area contributed by atoms with Crippen LogP contribution in [0.15, 0.2) is 28.7 Å². The Kier molecular flexibility index (Phi) is 4.30. The summed E-state index contributed by atoms with van der Waals surface area (Å²) in [6.45, 7) is 6.84. The summed E-state index contributed by atoms with van der Waals surface area (Å²) in [7, 11) is 0. The number of hydrogen-bond acceptors (Lipinski definition) is 3. The van der Waals surface area contributed by atoms with Crippen LogP contribution in [0.25, 0.3) is 0 Å². The minimum absolute atomic E-state index is 0.0285. The van der Waals surface area contributed by atoms with Crippen LogP contribution in [-0.2, 0) is 4.79 Å². The molecule has 0 spiro atoms. The predicted molar refractivity (Wildman–Crippen MR) is 81.7 cm³/mol. The lowest BCUT2D eigenvalue weighted by molar-refractivity contribution is -0.135. The molecular formula is C15H19BrN2O2. The quantitative estimate of drug-likeness (QED) is 0.860. The Balaban J connectivity index is 2.21. The smallest absolute Gasteiger partial charge is 0.240 e. The maximum Gasteiger partial charge on any atom is 0.240 e. The lowest BCUT2D eigenvalue weighted by Crippen LogP contribution is -2.65. The van der Waals surface area contributed by atoms with Gasteiger partial charge in [-0.05, 0) is 32.9 Å². The minimum Gasteiger partial charge on any atom is -0.353 e. The first-order chi connectivity index (χ1) is 9.34. The van der Waals surface area contributed by atoms with Crippen molar-refractivity contribution < 1.29 is 9.59 Å². The molecule has 1 N–H and O–H groups in total. The Morgan fingerprint density at radius 3 is 2.55 bits per heavy atom. The van der Waals surface area contributed by atoms with Gasteiger partial charge in [-0.3, -0.25) is 14.5 Å². The molecule has 5 heteroatoms. The zero-order valence-electron chi connectivity index (χ0n) is 11.9.